The summed E-state index contributed by atoms with van der Waals surface area (Å²) in [6, 6.07) is 0.0243. The zero-order valence-electron chi connectivity index (χ0n) is 11.3. The van der Waals surface area contributed by atoms with Gasteiger partial charge in [-0.25, -0.2) is 0 Å². The monoisotopic (exact) mass is 287 g/mol. The van der Waals surface area contributed by atoms with E-state index in [4.69, 9.17) is 5.73 Å². The summed E-state index contributed by atoms with van der Waals surface area (Å²) in [6.45, 7) is 2.74. The first-order chi connectivity index (χ1) is 8.94. The van der Waals surface area contributed by atoms with Crippen LogP contribution in [0.4, 0.5) is 5.82 Å². The molecule has 1 aromatic heterocycles. The van der Waals surface area contributed by atoms with Crippen molar-refractivity contribution in [1.29, 1.82) is 0 Å². The highest BCUT2D eigenvalue weighted by Crippen LogP contribution is 2.22. The van der Waals surface area contributed by atoms with Crippen molar-refractivity contribution in [3.05, 3.63) is 11.8 Å². The Bertz CT molecular complexity index is 539. The molecule has 1 aliphatic heterocycles. The molecule has 0 aromatic carbocycles. The van der Waals surface area contributed by atoms with Crippen molar-refractivity contribution in [1.82, 2.24) is 14.1 Å². The van der Waals surface area contributed by atoms with E-state index in [9.17, 15) is 8.42 Å². The third-order valence-electron chi connectivity index (χ3n) is 3.40. The molecule has 0 radical (unpaired) electrons. The zero-order chi connectivity index (χ0) is 14.0. The molecular formula is C11H21N5O2S. The molecule has 19 heavy (non-hydrogen) atoms. The van der Waals surface area contributed by atoms with E-state index in [1.54, 1.807) is 17.9 Å². The normalized spacial score (nSPS) is 21.5. The Hall–Kier alpha value is -1.12. The van der Waals surface area contributed by atoms with E-state index in [1.807, 2.05) is 6.92 Å². The molecule has 1 fully saturated rings. The van der Waals surface area contributed by atoms with Gasteiger partial charge in [-0.05, 0) is 19.8 Å². The van der Waals surface area contributed by atoms with Gasteiger partial charge >= 0.3 is 10.2 Å². The molecule has 2 rings (SSSR count). The number of aromatic nitrogens is 2. The Kier molecular flexibility index (Phi) is 4.12. The van der Waals surface area contributed by atoms with Gasteiger partial charge in [-0.15, -0.1) is 0 Å². The molecule has 7 nitrogen and oxygen atoms in total. The number of rotatable bonds is 4. The molecule has 8 heteroatoms. The molecule has 1 aliphatic rings. The minimum atomic E-state index is -3.55. The van der Waals surface area contributed by atoms with Gasteiger partial charge in [0.25, 0.3) is 0 Å². The van der Waals surface area contributed by atoms with E-state index in [-0.39, 0.29) is 12.6 Å². The maximum atomic E-state index is 12.4. The standard InChI is InChI=1S/C11H21N5O2S/c1-9-5-3-4-6-16(9)19(17,18)14-11-10(7-12)8-15(2)13-11/h8-9H,3-7,12H2,1-2H3,(H,13,14). The fraction of sp³-hybridized carbons (Fsp3) is 0.727. The first-order valence-electron chi connectivity index (χ1n) is 6.46. The summed E-state index contributed by atoms with van der Waals surface area (Å²) >= 11 is 0. The number of hydrogen-bond acceptors (Lipinski definition) is 4. The molecular weight excluding hydrogens is 266 g/mol. The average molecular weight is 287 g/mol. The van der Waals surface area contributed by atoms with Crippen molar-refractivity contribution in [3.63, 3.8) is 0 Å². The van der Waals surface area contributed by atoms with Crippen molar-refractivity contribution in [2.75, 3.05) is 11.3 Å². The van der Waals surface area contributed by atoms with Gasteiger partial charge in [0.2, 0.25) is 0 Å². The Morgan fingerprint density at radius 3 is 2.89 bits per heavy atom. The van der Waals surface area contributed by atoms with Crippen LogP contribution in [-0.2, 0) is 23.8 Å². The second-order valence-corrected chi connectivity index (χ2v) is 6.57. The maximum Gasteiger partial charge on any atom is 0.303 e. The lowest BCUT2D eigenvalue weighted by Crippen LogP contribution is -2.45. The Morgan fingerprint density at radius 1 is 1.53 bits per heavy atom. The average Bonchev–Trinajstić information content (AvgIpc) is 2.69. The fourth-order valence-electron chi connectivity index (χ4n) is 2.38. The molecule has 0 aliphatic carbocycles. The number of nitrogens with one attached hydrogen (secondary N) is 1. The lowest BCUT2D eigenvalue weighted by atomic mass is 10.1. The zero-order valence-corrected chi connectivity index (χ0v) is 12.2. The van der Waals surface area contributed by atoms with E-state index in [0.717, 1.165) is 19.3 Å². The van der Waals surface area contributed by atoms with E-state index in [2.05, 4.69) is 9.82 Å². The van der Waals surface area contributed by atoms with Gasteiger partial charge in [0.1, 0.15) is 0 Å². The van der Waals surface area contributed by atoms with Gasteiger partial charge in [-0.1, -0.05) is 6.42 Å². The van der Waals surface area contributed by atoms with Crippen LogP contribution in [0.15, 0.2) is 6.20 Å². The molecule has 0 bridgehead atoms. The van der Waals surface area contributed by atoms with Crippen molar-refractivity contribution in [2.45, 2.75) is 38.8 Å². The highest BCUT2D eigenvalue weighted by atomic mass is 32.2. The molecule has 1 aromatic rings. The van der Waals surface area contributed by atoms with E-state index in [0.29, 0.717) is 17.9 Å². The number of piperidine rings is 1. The van der Waals surface area contributed by atoms with E-state index >= 15 is 0 Å². The summed E-state index contributed by atoms with van der Waals surface area (Å²) in [5, 5.41) is 4.11. The Morgan fingerprint density at radius 2 is 2.26 bits per heavy atom. The van der Waals surface area contributed by atoms with Crippen LogP contribution >= 0.6 is 0 Å². The van der Waals surface area contributed by atoms with Crippen LogP contribution in [0.3, 0.4) is 0 Å². The summed E-state index contributed by atoms with van der Waals surface area (Å²) in [6.07, 6.45) is 4.59. The van der Waals surface area contributed by atoms with E-state index in [1.165, 1.54) is 4.31 Å². The fourth-order valence-corrected chi connectivity index (χ4v) is 3.86. The lowest BCUT2D eigenvalue weighted by Gasteiger charge is -2.32. The van der Waals surface area contributed by atoms with Crippen molar-refractivity contribution < 1.29 is 8.42 Å². The van der Waals surface area contributed by atoms with Crippen LogP contribution < -0.4 is 10.5 Å². The van der Waals surface area contributed by atoms with Gasteiger partial charge in [0.05, 0.1) is 0 Å². The molecule has 0 spiro atoms. The molecule has 1 atom stereocenters. The number of nitrogens with two attached hydrogens (primary N) is 1. The van der Waals surface area contributed by atoms with Gasteiger partial charge in [-0.3, -0.25) is 9.40 Å². The minimum absolute atomic E-state index is 0.0243. The van der Waals surface area contributed by atoms with Crippen LogP contribution in [0.2, 0.25) is 0 Å². The molecule has 1 unspecified atom stereocenters. The van der Waals surface area contributed by atoms with Gasteiger partial charge in [0, 0.05) is 37.9 Å². The molecule has 0 amide bonds. The largest absolute Gasteiger partial charge is 0.326 e. The highest BCUT2D eigenvalue weighted by molar-refractivity contribution is 7.90. The summed E-state index contributed by atoms with van der Waals surface area (Å²) in [5.41, 5.74) is 6.28. The molecule has 2 heterocycles. The van der Waals surface area contributed by atoms with Crippen LogP contribution in [0.25, 0.3) is 0 Å². The second kappa shape index (κ2) is 5.48. The number of anilines is 1. The maximum absolute atomic E-state index is 12.4. The van der Waals surface area contributed by atoms with Crippen molar-refractivity contribution in [2.24, 2.45) is 12.8 Å². The second-order valence-electron chi connectivity index (χ2n) is 4.94. The summed E-state index contributed by atoms with van der Waals surface area (Å²) in [7, 11) is -1.82. The van der Waals surface area contributed by atoms with Crippen molar-refractivity contribution in [3.8, 4) is 0 Å². The molecule has 3 N–H and O–H groups in total. The SMILES string of the molecule is CC1CCCCN1S(=O)(=O)Nc1nn(C)cc1CN. The van der Waals surface area contributed by atoms with Crippen LogP contribution in [-0.4, -0.2) is 35.1 Å². The summed E-state index contributed by atoms with van der Waals surface area (Å²) < 4.78 is 30.3. The van der Waals surface area contributed by atoms with Crippen LogP contribution in [0, 0.1) is 0 Å². The lowest BCUT2D eigenvalue weighted by molar-refractivity contribution is 0.270. The first-order valence-corrected chi connectivity index (χ1v) is 7.90. The predicted octanol–water partition coefficient (Wildman–Crippen LogP) is 0.410. The van der Waals surface area contributed by atoms with Crippen molar-refractivity contribution >= 4 is 16.0 Å². The number of hydrogen-bond donors (Lipinski definition) is 2. The van der Waals surface area contributed by atoms with Gasteiger partial charge in [-0.2, -0.15) is 17.8 Å². The highest BCUT2D eigenvalue weighted by Gasteiger charge is 2.30. The smallest absolute Gasteiger partial charge is 0.303 e. The third kappa shape index (κ3) is 3.07. The van der Waals surface area contributed by atoms with Gasteiger partial charge < -0.3 is 5.73 Å². The van der Waals surface area contributed by atoms with Gasteiger partial charge in [0.15, 0.2) is 5.82 Å². The molecule has 108 valence electrons. The number of aryl methyl sites for hydroxylation is 1. The quantitative estimate of drug-likeness (QED) is 0.838. The van der Waals surface area contributed by atoms with Crippen LogP contribution in [0.1, 0.15) is 31.7 Å². The minimum Gasteiger partial charge on any atom is -0.326 e. The molecule has 1 saturated heterocycles. The predicted molar refractivity (Wildman–Crippen MR) is 73.7 cm³/mol. The summed E-state index contributed by atoms with van der Waals surface area (Å²) in [4.78, 5) is 0. The number of nitrogens with zero attached hydrogens (tertiary/aromatic N) is 3. The Balaban J connectivity index is 2.20. The third-order valence-corrected chi connectivity index (χ3v) is 5.01. The Labute approximate surface area is 113 Å². The molecule has 0 saturated carbocycles. The first kappa shape index (κ1) is 14.3. The topological polar surface area (TPSA) is 93.2 Å². The summed E-state index contributed by atoms with van der Waals surface area (Å²) in [5.74, 6) is 0.322. The van der Waals surface area contributed by atoms with Crippen LogP contribution in [0.5, 0.6) is 0 Å². The van der Waals surface area contributed by atoms with E-state index < -0.39 is 10.2 Å².